The Hall–Kier alpha value is -5.57. The Morgan fingerprint density at radius 3 is 1.90 bits per heavy atom. The molecule has 5 atom stereocenters. The first-order valence-electron chi connectivity index (χ1n) is 17.2. The van der Waals surface area contributed by atoms with Crippen molar-refractivity contribution >= 4 is 33.3 Å². The maximum atomic E-state index is 15.6. The summed E-state index contributed by atoms with van der Waals surface area (Å²) < 4.78 is 5.82. The molecule has 5 unspecified atom stereocenters. The van der Waals surface area contributed by atoms with Crippen molar-refractivity contribution in [3.05, 3.63) is 167 Å². The molecule has 5 nitrogen and oxygen atoms in total. The summed E-state index contributed by atoms with van der Waals surface area (Å²) >= 11 is 0. The normalized spacial score (nSPS) is 23.3. The van der Waals surface area contributed by atoms with Crippen LogP contribution in [-0.2, 0) is 15.1 Å². The van der Waals surface area contributed by atoms with Gasteiger partial charge in [0, 0.05) is 17.4 Å². The molecule has 1 N–H and O–H groups in total. The van der Waals surface area contributed by atoms with Crippen LogP contribution in [0.25, 0.3) is 21.5 Å². The largest absolute Gasteiger partial charge is 0.465 e. The molecule has 0 heterocycles. The Morgan fingerprint density at radius 2 is 1.28 bits per heavy atom. The number of Topliss-reactive ketones (excluding diaryl/α,β-unsaturated/α-hetero) is 1. The average molecular weight is 658 g/mol. The maximum Gasteiger partial charge on any atom is 0.327 e. The van der Waals surface area contributed by atoms with Crippen LogP contribution in [0, 0.1) is 36.5 Å². The number of ether oxygens (including phenoxy) is 1. The van der Waals surface area contributed by atoms with Crippen molar-refractivity contribution < 1.29 is 19.4 Å². The van der Waals surface area contributed by atoms with Gasteiger partial charge in [0.1, 0.15) is 5.60 Å². The lowest BCUT2D eigenvalue weighted by Gasteiger charge is -2.54. The van der Waals surface area contributed by atoms with E-state index in [9.17, 15) is 15.2 Å². The van der Waals surface area contributed by atoms with Crippen LogP contribution in [0.4, 0.5) is 0 Å². The predicted octanol–water partition coefficient (Wildman–Crippen LogP) is 9.34. The molecule has 6 aromatic carbocycles. The standard InChI is InChI=1S/C45H39NO4/c1-4-50-43(48)44(28-46)39(33-23-19-29(2)20-24-33)27-45(49,38-18-10-14-32-12-6-8-16-36(32)38)41(40(44)34-25-21-30(3)22-26-34)42(47)37-17-9-13-31-11-5-7-15-35(31)37/h5-26,39-41,49H,4,27H2,1-3H3. The summed E-state index contributed by atoms with van der Waals surface area (Å²) in [4.78, 5) is 30.3. The summed E-state index contributed by atoms with van der Waals surface area (Å²) in [5.41, 5.74) is 0.643. The molecule has 0 aromatic heterocycles. The van der Waals surface area contributed by atoms with Crippen LogP contribution in [0.1, 0.15) is 63.4 Å². The average Bonchev–Trinajstić information content (AvgIpc) is 3.14. The van der Waals surface area contributed by atoms with Gasteiger partial charge in [-0.1, -0.05) is 145 Å². The zero-order valence-electron chi connectivity index (χ0n) is 28.5. The molecular weight excluding hydrogens is 618 g/mol. The molecular formula is C45H39NO4. The summed E-state index contributed by atoms with van der Waals surface area (Å²) in [5, 5.41) is 28.6. The number of esters is 1. The molecule has 7 rings (SSSR count). The van der Waals surface area contributed by atoms with Gasteiger partial charge in [0.25, 0.3) is 0 Å². The number of carbonyl (C=O) groups is 2. The molecule has 1 fully saturated rings. The van der Waals surface area contributed by atoms with Crippen molar-refractivity contribution in [2.45, 2.75) is 44.6 Å². The van der Waals surface area contributed by atoms with Crippen molar-refractivity contribution in [3.63, 3.8) is 0 Å². The summed E-state index contributed by atoms with van der Waals surface area (Å²) in [6, 6.07) is 44.7. The molecule has 50 heavy (non-hydrogen) atoms. The number of fused-ring (bicyclic) bond motifs is 2. The third-order valence-electron chi connectivity index (χ3n) is 10.7. The SMILES string of the molecule is CCOC(=O)C1(C#N)C(c2ccc(C)cc2)CC(O)(c2cccc3ccccc23)C(C(=O)c2cccc3ccccc23)C1c1ccc(C)cc1. The summed E-state index contributed by atoms with van der Waals surface area (Å²) in [6.07, 6.45) is -0.0695. The smallest absolute Gasteiger partial charge is 0.327 e. The van der Waals surface area contributed by atoms with Crippen molar-refractivity contribution in [3.8, 4) is 6.07 Å². The number of carbonyl (C=O) groups excluding carboxylic acids is 2. The molecule has 0 saturated heterocycles. The van der Waals surface area contributed by atoms with Crippen LogP contribution in [0.2, 0.25) is 0 Å². The first-order chi connectivity index (χ1) is 24.2. The molecule has 1 aliphatic carbocycles. The minimum Gasteiger partial charge on any atom is -0.465 e. The highest BCUT2D eigenvalue weighted by atomic mass is 16.5. The van der Waals surface area contributed by atoms with E-state index >= 15 is 4.79 Å². The molecule has 6 aromatic rings. The van der Waals surface area contributed by atoms with E-state index in [-0.39, 0.29) is 18.8 Å². The Bertz CT molecular complexity index is 2260. The minimum absolute atomic E-state index is 0.0546. The lowest BCUT2D eigenvalue weighted by atomic mass is 9.47. The van der Waals surface area contributed by atoms with Crippen LogP contribution < -0.4 is 0 Å². The van der Waals surface area contributed by atoms with Crippen LogP contribution in [-0.4, -0.2) is 23.5 Å². The van der Waals surface area contributed by atoms with Gasteiger partial charge < -0.3 is 9.84 Å². The number of aryl methyl sites for hydroxylation is 2. The summed E-state index contributed by atoms with van der Waals surface area (Å²) in [6.45, 7) is 5.72. The first-order valence-corrected chi connectivity index (χ1v) is 17.2. The van der Waals surface area contributed by atoms with Gasteiger partial charge in [0.2, 0.25) is 0 Å². The van der Waals surface area contributed by atoms with Gasteiger partial charge in [0.05, 0.1) is 18.6 Å². The molecule has 0 aliphatic heterocycles. The highest BCUT2D eigenvalue weighted by Gasteiger charge is 2.68. The second-order valence-corrected chi connectivity index (χ2v) is 13.6. The van der Waals surface area contributed by atoms with Crippen molar-refractivity contribution in [2.75, 3.05) is 6.61 Å². The van der Waals surface area contributed by atoms with E-state index < -0.39 is 34.7 Å². The van der Waals surface area contributed by atoms with Crippen LogP contribution in [0.15, 0.2) is 133 Å². The van der Waals surface area contributed by atoms with E-state index in [1.807, 2.05) is 141 Å². The fourth-order valence-corrected chi connectivity index (χ4v) is 8.33. The van der Waals surface area contributed by atoms with Crippen molar-refractivity contribution in [1.82, 2.24) is 0 Å². The van der Waals surface area contributed by atoms with Gasteiger partial charge in [-0.15, -0.1) is 0 Å². The minimum atomic E-state index is -1.87. The summed E-state index contributed by atoms with van der Waals surface area (Å²) in [7, 11) is 0. The van der Waals surface area contributed by atoms with E-state index in [1.165, 1.54) is 0 Å². The number of hydrogen-bond acceptors (Lipinski definition) is 5. The van der Waals surface area contributed by atoms with Gasteiger partial charge in [-0.2, -0.15) is 5.26 Å². The maximum absolute atomic E-state index is 15.6. The number of benzene rings is 6. The third kappa shape index (κ3) is 5.28. The van der Waals surface area contributed by atoms with Crippen molar-refractivity contribution in [2.24, 2.45) is 11.3 Å². The molecule has 1 saturated carbocycles. The molecule has 0 amide bonds. The number of hydrogen-bond donors (Lipinski definition) is 1. The van der Waals surface area contributed by atoms with Gasteiger partial charge in [0.15, 0.2) is 11.2 Å². The lowest BCUT2D eigenvalue weighted by Crippen LogP contribution is -2.59. The van der Waals surface area contributed by atoms with E-state index in [0.717, 1.165) is 38.2 Å². The Morgan fingerprint density at radius 1 is 0.740 bits per heavy atom. The second-order valence-electron chi connectivity index (χ2n) is 13.6. The lowest BCUT2D eigenvalue weighted by molar-refractivity contribution is -0.164. The highest BCUT2D eigenvalue weighted by molar-refractivity contribution is 6.10. The number of ketones is 1. The second kappa shape index (κ2) is 13.0. The number of aliphatic hydroxyl groups is 1. The van der Waals surface area contributed by atoms with Crippen LogP contribution in [0.3, 0.4) is 0 Å². The number of nitriles is 1. The van der Waals surface area contributed by atoms with E-state index in [0.29, 0.717) is 16.7 Å². The molecule has 5 heteroatoms. The topological polar surface area (TPSA) is 87.4 Å². The number of rotatable bonds is 7. The van der Waals surface area contributed by atoms with E-state index in [2.05, 4.69) is 6.07 Å². The molecule has 248 valence electrons. The summed E-state index contributed by atoms with van der Waals surface area (Å²) in [5.74, 6) is -4.22. The fraction of sp³-hybridized carbons (Fsp3) is 0.222. The van der Waals surface area contributed by atoms with Gasteiger partial charge in [-0.05, 0) is 65.4 Å². The third-order valence-corrected chi connectivity index (χ3v) is 10.7. The van der Waals surface area contributed by atoms with Gasteiger partial charge in [-0.25, -0.2) is 0 Å². The van der Waals surface area contributed by atoms with Crippen LogP contribution in [0.5, 0.6) is 0 Å². The first kappa shape index (κ1) is 33.0. The molecule has 0 bridgehead atoms. The monoisotopic (exact) mass is 657 g/mol. The van der Waals surface area contributed by atoms with E-state index in [1.54, 1.807) is 13.0 Å². The highest BCUT2D eigenvalue weighted by Crippen LogP contribution is 2.64. The predicted molar refractivity (Wildman–Crippen MR) is 197 cm³/mol. The van der Waals surface area contributed by atoms with Gasteiger partial charge >= 0.3 is 5.97 Å². The number of nitrogens with zero attached hydrogens (tertiary/aromatic N) is 1. The zero-order valence-corrected chi connectivity index (χ0v) is 28.5. The molecule has 0 radical (unpaired) electrons. The Balaban J connectivity index is 1.62. The quantitative estimate of drug-likeness (QED) is 0.137. The fourth-order valence-electron chi connectivity index (χ4n) is 8.33. The van der Waals surface area contributed by atoms with Crippen LogP contribution >= 0.6 is 0 Å². The van der Waals surface area contributed by atoms with Crippen molar-refractivity contribution in [1.29, 1.82) is 5.26 Å². The van der Waals surface area contributed by atoms with E-state index in [4.69, 9.17) is 4.74 Å². The molecule has 1 aliphatic rings. The molecule has 0 spiro atoms. The van der Waals surface area contributed by atoms with Gasteiger partial charge in [-0.3, -0.25) is 9.59 Å². The Labute approximate surface area is 292 Å². The zero-order chi connectivity index (χ0) is 35.0. The Kier molecular flexibility index (Phi) is 8.59.